The quantitative estimate of drug-likeness (QED) is 0.339. The van der Waals surface area contributed by atoms with Crippen LogP contribution >= 0.6 is 0 Å². The molecule has 1 aromatic carbocycles. The fraction of sp³-hybridized carbons (Fsp3) is 0.522. The number of allylic oxidation sites excluding steroid dienone is 1. The Balaban J connectivity index is 1.99. The summed E-state index contributed by atoms with van der Waals surface area (Å²) in [6.07, 6.45) is 3.46. The number of piperidine rings is 1. The molecule has 2 amide bonds. The molecule has 172 valence electrons. The summed E-state index contributed by atoms with van der Waals surface area (Å²) < 4.78 is 5.33. The average molecular weight is 441 g/mol. The number of benzene rings is 1. The highest BCUT2D eigenvalue weighted by atomic mass is 16.5. The smallest absolute Gasteiger partial charge is 0.447 e. The van der Waals surface area contributed by atoms with Crippen LogP contribution in [0.15, 0.2) is 42.0 Å². The average Bonchev–Trinajstić information content (AvgIpc) is 2.75. The molecule has 1 aliphatic rings. The van der Waals surface area contributed by atoms with Gasteiger partial charge in [-0.3, -0.25) is 4.79 Å². The van der Waals surface area contributed by atoms with E-state index in [0.717, 1.165) is 18.4 Å². The summed E-state index contributed by atoms with van der Waals surface area (Å²) in [5.74, 6) is -1.29. The van der Waals surface area contributed by atoms with Crippen LogP contribution in [0.1, 0.15) is 45.6 Å². The summed E-state index contributed by atoms with van der Waals surface area (Å²) in [5.41, 5.74) is 0.603. The summed E-state index contributed by atoms with van der Waals surface area (Å²) >= 11 is 0. The largest absolute Gasteiger partial charge is 0.475 e. The van der Waals surface area contributed by atoms with Crippen molar-refractivity contribution in [1.82, 2.24) is 10.2 Å². The van der Waals surface area contributed by atoms with Crippen molar-refractivity contribution < 1.29 is 24.4 Å². The number of nitrogens with zero attached hydrogens (tertiary/aromatic N) is 2. The van der Waals surface area contributed by atoms with Crippen molar-refractivity contribution in [2.75, 3.05) is 13.2 Å². The summed E-state index contributed by atoms with van der Waals surface area (Å²) in [6.45, 7) is 6.20. The standard InChI is InChI=1S/C23H32BN3O5/c1-23(2,3)14-18(15-25)21(28)27-12-8-7-11-19(27)16-32-22(29)26-20(24(30)31)13-17-9-5-4-6-10-17/h4-6,9-10,14,19-20,30-31H,7-8,11-13,16H2,1-3H3,(H,26,29)/b18-14+/t19?,20-/m0/s1. The molecule has 0 aromatic heterocycles. The van der Waals surface area contributed by atoms with Crippen molar-refractivity contribution in [3.05, 3.63) is 47.5 Å². The van der Waals surface area contributed by atoms with Gasteiger partial charge in [0.15, 0.2) is 0 Å². The molecule has 0 spiro atoms. The van der Waals surface area contributed by atoms with Crippen molar-refractivity contribution in [2.45, 2.75) is 58.4 Å². The molecular weight excluding hydrogens is 409 g/mol. The molecule has 0 radical (unpaired) electrons. The van der Waals surface area contributed by atoms with Gasteiger partial charge < -0.3 is 25.0 Å². The Kier molecular flexibility index (Phi) is 9.30. The van der Waals surface area contributed by atoms with Crippen LogP contribution in [-0.4, -0.2) is 59.2 Å². The number of nitriles is 1. The molecule has 2 atom stereocenters. The maximum Gasteiger partial charge on any atom is 0.475 e. The van der Waals surface area contributed by atoms with Gasteiger partial charge in [-0.2, -0.15) is 5.26 Å². The lowest BCUT2D eigenvalue weighted by molar-refractivity contribution is -0.131. The topological polar surface area (TPSA) is 123 Å². The first-order chi connectivity index (χ1) is 15.1. The molecule has 0 bridgehead atoms. The van der Waals surface area contributed by atoms with Crippen LogP contribution in [-0.2, 0) is 16.0 Å². The molecule has 8 nitrogen and oxygen atoms in total. The fourth-order valence-electron chi connectivity index (χ4n) is 3.63. The lowest BCUT2D eigenvalue weighted by Crippen LogP contribution is -2.50. The van der Waals surface area contributed by atoms with E-state index in [1.54, 1.807) is 11.0 Å². The Bertz CT molecular complexity index is 845. The monoisotopic (exact) mass is 441 g/mol. The van der Waals surface area contributed by atoms with Crippen molar-refractivity contribution in [3.8, 4) is 6.07 Å². The van der Waals surface area contributed by atoms with Gasteiger partial charge in [0.05, 0.1) is 12.0 Å². The molecule has 1 fully saturated rings. The molecule has 32 heavy (non-hydrogen) atoms. The first-order valence-corrected chi connectivity index (χ1v) is 10.9. The van der Waals surface area contributed by atoms with Crippen molar-refractivity contribution >= 4 is 19.1 Å². The van der Waals surface area contributed by atoms with Crippen LogP contribution in [0.2, 0.25) is 0 Å². The fourth-order valence-corrected chi connectivity index (χ4v) is 3.63. The zero-order valence-corrected chi connectivity index (χ0v) is 19.0. The normalized spacial score (nSPS) is 17.8. The number of hydrogen-bond donors (Lipinski definition) is 3. The first kappa shape index (κ1) is 25.4. The van der Waals surface area contributed by atoms with Gasteiger partial charge in [0, 0.05) is 6.54 Å². The number of likely N-dealkylation sites (tertiary alicyclic amines) is 1. The van der Waals surface area contributed by atoms with E-state index in [0.29, 0.717) is 13.0 Å². The zero-order chi connectivity index (χ0) is 23.7. The molecule has 3 N–H and O–H groups in total. The highest BCUT2D eigenvalue weighted by molar-refractivity contribution is 6.43. The Labute approximate surface area is 190 Å². The van der Waals surface area contributed by atoms with Gasteiger partial charge >= 0.3 is 13.2 Å². The summed E-state index contributed by atoms with van der Waals surface area (Å²) in [5, 5.41) is 31.2. The van der Waals surface area contributed by atoms with Gasteiger partial charge in [-0.25, -0.2) is 4.79 Å². The van der Waals surface area contributed by atoms with Crippen LogP contribution in [0, 0.1) is 16.7 Å². The minimum atomic E-state index is -1.75. The van der Waals surface area contributed by atoms with Gasteiger partial charge in [-0.15, -0.1) is 0 Å². The number of amides is 2. The lowest BCUT2D eigenvalue weighted by Gasteiger charge is -2.35. The van der Waals surface area contributed by atoms with Crippen LogP contribution in [0.5, 0.6) is 0 Å². The van der Waals surface area contributed by atoms with Crippen LogP contribution < -0.4 is 5.32 Å². The van der Waals surface area contributed by atoms with Crippen LogP contribution in [0.4, 0.5) is 4.79 Å². The molecule has 1 unspecified atom stereocenters. The maximum atomic E-state index is 12.9. The number of ether oxygens (including phenoxy) is 1. The Morgan fingerprint density at radius 3 is 2.59 bits per heavy atom. The predicted molar refractivity (Wildman–Crippen MR) is 121 cm³/mol. The van der Waals surface area contributed by atoms with Gasteiger partial charge in [-0.05, 0) is 36.7 Å². The Morgan fingerprint density at radius 1 is 1.31 bits per heavy atom. The van der Waals surface area contributed by atoms with Gasteiger partial charge in [0.2, 0.25) is 0 Å². The van der Waals surface area contributed by atoms with E-state index < -0.39 is 19.2 Å². The van der Waals surface area contributed by atoms with E-state index in [1.807, 2.05) is 57.2 Å². The summed E-state index contributed by atoms with van der Waals surface area (Å²) in [7, 11) is -1.75. The van der Waals surface area contributed by atoms with Gasteiger partial charge in [0.25, 0.3) is 5.91 Å². The number of hydrogen-bond acceptors (Lipinski definition) is 6. The minimum absolute atomic E-state index is 0.0363. The third kappa shape index (κ3) is 8.02. The maximum absolute atomic E-state index is 12.9. The number of nitrogens with one attached hydrogen (secondary N) is 1. The molecule has 1 aliphatic heterocycles. The van der Waals surface area contributed by atoms with E-state index in [-0.39, 0.29) is 36.0 Å². The summed E-state index contributed by atoms with van der Waals surface area (Å²) in [6, 6.07) is 10.8. The third-order valence-electron chi connectivity index (χ3n) is 5.18. The lowest BCUT2D eigenvalue weighted by atomic mass is 9.76. The molecule has 9 heteroatoms. The number of carbonyl (C=O) groups is 2. The van der Waals surface area contributed by atoms with E-state index in [9.17, 15) is 24.9 Å². The predicted octanol–water partition coefficient (Wildman–Crippen LogP) is 2.21. The Morgan fingerprint density at radius 2 is 2.00 bits per heavy atom. The SMILES string of the molecule is CC(C)(C)/C=C(\C#N)C(=O)N1CCCCC1COC(=O)N[C@@H](Cc1ccccc1)B(O)O. The highest BCUT2D eigenvalue weighted by Crippen LogP contribution is 2.23. The number of rotatable bonds is 7. The minimum Gasteiger partial charge on any atom is -0.447 e. The van der Waals surface area contributed by atoms with Gasteiger partial charge in [-0.1, -0.05) is 57.2 Å². The summed E-state index contributed by atoms with van der Waals surface area (Å²) in [4.78, 5) is 26.9. The second kappa shape index (κ2) is 11.7. The zero-order valence-electron chi connectivity index (χ0n) is 19.0. The van der Waals surface area contributed by atoms with Crippen molar-refractivity contribution in [3.63, 3.8) is 0 Å². The van der Waals surface area contributed by atoms with Crippen LogP contribution in [0.25, 0.3) is 0 Å². The van der Waals surface area contributed by atoms with E-state index in [1.165, 1.54) is 0 Å². The molecule has 2 rings (SSSR count). The van der Waals surface area contributed by atoms with E-state index in [2.05, 4.69) is 5.32 Å². The van der Waals surface area contributed by atoms with E-state index in [4.69, 9.17) is 4.74 Å². The molecule has 1 aromatic rings. The van der Waals surface area contributed by atoms with Crippen molar-refractivity contribution in [2.24, 2.45) is 5.41 Å². The molecule has 0 aliphatic carbocycles. The second-order valence-electron chi connectivity index (χ2n) is 9.14. The first-order valence-electron chi connectivity index (χ1n) is 10.9. The second-order valence-corrected chi connectivity index (χ2v) is 9.14. The molecule has 1 saturated heterocycles. The number of alkyl carbamates (subject to hydrolysis) is 1. The molecule has 1 heterocycles. The Hall–Kier alpha value is -2.83. The third-order valence-corrected chi connectivity index (χ3v) is 5.18. The van der Waals surface area contributed by atoms with Crippen molar-refractivity contribution in [1.29, 1.82) is 5.26 Å². The number of carbonyl (C=O) groups excluding carboxylic acids is 2. The van der Waals surface area contributed by atoms with E-state index >= 15 is 0 Å². The van der Waals surface area contributed by atoms with Gasteiger partial charge in [0.1, 0.15) is 18.2 Å². The molecule has 0 saturated carbocycles. The highest BCUT2D eigenvalue weighted by Gasteiger charge is 2.31. The molecular formula is C23H32BN3O5. The van der Waals surface area contributed by atoms with Crippen LogP contribution in [0.3, 0.4) is 0 Å².